The Bertz CT molecular complexity index is 444. The molecule has 1 aliphatic carbocycles. The fraction of sp³-hybridized carbons (Fsp3) is 0.533. The van der Waals surface area contributed by atoms with Crippen LogP contribution in [0.15, 0.2) is 16.6 Å². The predicted octanol–water partition coefficient (Wildman–Crippen LogP) is 3.54. The van der Waals surface area contributed by atoms with E-state index in [1.54, 1.807) is 0 Å². The Labute approximate surface area is 123 Å². The first-order valence-corrected chi connectivity index (χ1v) is 7.65. The molecule has 1 fully saturated rings. The van der Waals surface area contributed by atoms with Gasteiger partial charge in [-0.2, -0.15) is 0 Å². The van der Waals surface area contributed by atoms with Crippen molar-refractivity contribution in [2.75, 3.05) is 11.9 Å². The molecule has 0 unspecified atom stereocenters. The molecule has 0 radical (unpaired) electrons. The lowest BCUT2D eigenvalue weighted by Crippen LogP contribution is -2.34. The van der Waals surface area contributed by atoms with Crippen molar-refractivity contribution in [1.29, 1.82) is 0 Å². The molecule has 0 saturated heterocycles. The van der Waals surface area contributed by atoms with Crippen LogP contribution in [0.5, 0.6) is 0 Å². The standard InChI is InChI=1S/C15H21BrN2O/c1-10-7-13(8-11(2)15(10)16)18-14(19)9-17-12-5-3-4-6-12/h7-8,12,17H,3-6,9H2,1-2H3,(H,18,19). The van der Waals surface area contributed by atoms with Gasteiger partial charge in [-0.05, 0) is 49.9 Å². The van der Waals surface area contributed by atoms with E-state index < -0.39 is 0 Å². The SMILES string of the molecule is Cc1cc(NC(=O)CNC2CCCC2)cc(C)c1Br. The number of hydrogen-bond acceptors (Lipinski definition) is 2. The predicted molar refractivity (Wildman–Crippen MR) is 82.5 cm³/mol. The number of anilines is 1. The molecule has 0 bridgehead atoms. The molecule has 4 heteroatoms. The maximum absolute atomic E-state index is 11.9. The Kier molecular flexibility index (Phi) is 4.99. The average molecular weight is 325 g/mol. The van der Waals surface area contributed by atoms with Crippen molar-refractivity contribution in [2.24, 2.45) is 0 Å². The van der Waals surface area contributed by atoms with Gasteiger partial charge in [-0.3, -0.25) is 4.79 Å². The number of nitrogens with one attached hydrogen (secondary N) is 2. The topological polar surface area (TPSA) is 41.1 Å². The summed E-state index contributed by atoms with van der Waals surface area (Å²) in [5, 5.41) is 6.27. The number of carbonyl (C=O) groups excluding carboxylic acids is 1. The van der Waals surface area contributed by atoms with Crippen LogP contribution in [0.3, 0.4) is 0 Å². The minimum Gasteiger partial charge on any atom is -0.325 e. The zero-order chi connectivity index (χ0) is 13.8. The van der Waals surface area contributed by atoms with Crippen molar-refractivity contribution in [2.45, 2.75) is 45.6 Å². The number of aryl methyl sites for hydroxylation is 2. The Morgan fingerprint density at radius 3 is 2.42 bits per heavy atom. The van der Waals surface area contributed by atoms with Crippen LogP contribution in [-0.2, 0) is 4.79 Å². The molecule has 19 heavy (non-hydrogen) atoms. The molecule has 2 N–H and O–H groups in total. The molecular formula is C15H21BrN2O. The number of benzene rings is 1. The normalized spacial score (nSPS) is 15.7. The van der Waals surface area contributed by atoms with Crippen LogP contribution in [-0.4, -0.2) is 18.5 Å². The van der Waals surface area contributed by atoms with Gasteiger partial charge in [0.05, 0.1) is 6.54 Å². The summed E-state index contributed by atoms with van der Waals surface area (Å²) in [6.45, 7) is 4.46. The van der Waals surface area contributed by atoms with Crippen molar-refractivity contribution in [3.8, 4) is 0 Å². The van der Waals surface area contributed by atoms with Gasteiger partial charge in [-0.15, -0.1) is 0 Å². The smallest absolute Gasteiger partial charge is 0.238 e. The van der Waals surface area contributed by atoms with Crippen molar-refractivity contribution in [3.63, 3.8) is 0 Å². The molecule has 1 saturated carbocycles. The number of carbonyl (C=O) groups is 1. The zero-order valence-electron chi connectivity index (χ0n) is 11.6. The van der Waals surface area contributed by atoms with E-state index in [9.17, 15) is 4.79 Å². The highest BCUT2D eigenvalue weighted by molar-refractivity contribution is 9.10. The van der Waals surface area contributed by atoms with Crippen molar-refractivity contribution >= 4 is 27.5 Å². The second kappa shape index (κ2) is 6.53. The monoisotopic (exact) mass is 324 g/mol. The van der Waals surface area contributed by atoms with E-state index >= 15 is 0 Å². The van der Waals surface area contributed by atoms with Gasteiger partial charge in [0.15, 0.2) is 0 Å². The molecule has 1 aromatic carbocycles. The van der Waals surface area contributed by atoms with E-state index in [2.05, 4.69) is 26.6 Å². The quantitative estimate of drug-likeness (QED) is 0.889. The van der Waals surface area contributed by atoms with Crippen LogP contribution in [0.4, 0.5) is 5.69 Å². The highest BCUT2D eigenvalue weighted by Crippen LogP contribution is 2.25. The lowest BCUT2D eigenvalue weighted by Gasteiger charge is -2.13. The van der Waals surface area contributed by atoms with Crippen LogP contribution < -0.4 is 10.6 Å². The third-order valence-electron chi connectivity index (χ3n) is 3.63. The van der Waals surface area contributed by atoms with Crippen LogP contribution in [0.2, 0.25) is 0 Å². The van der Waals surface area contributed by atoms with Gasteiger partial charge in [0.1, 0.15) is 0 Å². The highest BCUT2D eigenvalue weighted by Gasteiger charge is 2.15. The third kappa shape index (κ3) is 4.05. The van der Waals surface area contributed by atoms with Gasteiger partial charge in [0.25, 0.3) is 0 Å². The highest BCUT2D eigenvalue weighted by atomic mass is 79.9. The van der Waals surface area contributed by atoms with Gasteiger partial charge in [0.2, 0.25) is 5.91 Å². The maximum atomic E-state index is 11.9. The number of rotatable bonds is 4. The van der Waals surface area contributed by atoms with E-state index in [0.717, 1.165) is 21.3 Å². The van der Waals surface area contributed by atoms with Crippen molar-refractivity contribution in [1.82, 2.24) is 5.32 Å². The van der Waals surface area contributed by atoms with Crippen LogP contribution >= 0.6 is 15.9 Å². The lowest BCUT2D eigenvalue weighted by atomic mass is 10.1. The minimum absolute atomic E-state index is 0.0352. The fourth-order valence-electron chi connectivity index (χ4n) is 2.59. The Morgan fingerprint density at radius 1 is 1.26 bits per heavy atom. The summed E-state index contributed by atoms with van der Waals surface area (Å²) in [5.41, 5.74) is 3.15. The average Bonchev–Trinajstić information content (AvgIpc) is 2.86. The van der Waals surface area contributed by atoms with Crippen molar-refractivity contribution in [3.05, 3.63) is 27.7 Å². The van der Waals surface area contributed by atoms with Gasteiger partial charge in [-0.25, -0.2) is 0 Å². The molecule has 0 heterocycles. The van der Waals surface area contributed by atoms with Gasteiger partial charge in [-0.1, -0.05) is 28.8 Å². The van der Waals surface area contributed by atoms with E-state index in [1.807, 2.05) is 26.0 Å². The summed E-state index contributed by atoms with van der Waals surface area (Å²) >= 11 is 3.53. The molecule has 2 rings (SSSR count). The minimum atomic E-state index is 0.0352. The van der Waals surface area contributed by atoms with E-state index in [4.69, 9.17) is 0 Å². The largest absolute Gasteiger partial charge is 0.325 e. The molecule has 0 spiro atoms. The Balaban J connectivity index is 1.87. The molecule has 0 aliphatic heterocycles. The molecule has 104 valence electrons. The molecular weight excluding hydrogens is 304 g/mol. The Morgan fingerprint density at radius 2 is 1.84 bits per heavy atom. The molecule has 1 aromatic rings. The summed E-state index contributed by atoms with van der Waals surface area (Å²) in [6, 6.07) is 4.51. The molecule has 0 aromatic heterocycles. The van der Waals surface area contributed by atoms with Gasteiger partial charge in [0, 0.05) is 16.2 Å². The fourth-order valence-corrected chi connectivity index (χ4v) is 2.82. The second-order valence-electron chi connectivity index (χ2n) is 5.33. The van der Waals surface area contributed by atoms with E-state index in [1.165, 1.54) is 25.7 Å². The summed E-state index contributed by atoms with van der Waals surface area (Å²) in [4.78, 5) is 11.9. The summed E-state index contributed by atoms with van der Waals surface area (Å²) in [7, 11) is 0. The van der Waals surface area contributed by atoms with Crippen LogP contribution in [0.25, 0.3) is 0 Å². The number of hydrogen-bond donors (Lipinski definition) is 2. The lowest BCUT2D eigenvalue weighted by molar-refractivity contribution is -0.115. The summed E-state index contributed by atoms with van der Waals surface area (Å²) in [5.74, 6) is 0.0352. The summed E-state index contributed by atoms with van der Waals surface area (Å²) < 4.78 is 1.11. The first-order valence-electron chi connectivity index (χ1n) is 6.86. The van der Waals surface area contributed by atoms with Gasteiger partial charge < -0.3 is 10.6 Å². The molecule has 1 amide bonds. The van der Waals surface area contributed by atoms with E-state index in [0.29, 0.717) is 12.6 Å². The first-order chi connectivity index (χ1) is 9.06. The zero-order valence-corrected chi connectivity index (χ0v) is 13.1. The Hall–Kier alpha value is -0.870. The number of amides is 1. The van der Waals surface area contributed by atoms with Crippen LogP contribution in [0, 0.1) is 13.8 Å². The summed E-state index contributed by atoms with van der Waals surface area (Å²) in [6.07, 6.45) is 4.96. The molecule has 0 atom stereocenters. The van der Waals surface area contributed by atoms with E-state index in [-0.39, 0.29) is 5.91 Å². The molecule has 3 nitrogen and oxygen atoms in total. The molecule has 1 aliphatic rings. The third-order valence-corrected chi connectivity index (χ3v) is 4.88. The van der Waals surface area contributed by atoms with Crippen LogP contribution in [0.1, 0.15) is 36.8 Å². The maximum Gasteiger partial charge on any atom is 0.238 e. The number of halogens is 1. The second-order valence-corrected chi connectivity index (χ2v) is 6.13. The van der Waals surface area contributed by atoms with Gasteiger partial charge >= 0.3 is 0 Å². The first kappa shape index (κ1) is 14.5. The van der Waals surface area contributed by atoms with Crippen molar-refractivity contribution < 1.29 is 4.79 Å².